The zero-order chi connectivity index (χ0) is 21.6. The molecule has 1 N–H and O–H groups in total. The van der Waals surface area contributed by atoms with E-state index in [4.69, 9.17) is 0 Å². The van der Waals surface area contributed by atoms with E-state index in [1.807, 2.05) is 49.4 Å². The van der Waals surface area contributed by atoms with Crippen LogP contribution >= 0.6 is 0 Å². The quantitative estimate of drug-likeness (QED) is 0.701. The lowest BCUT2D eigenvalue weighted by atomic mass is 10.1. The summed E-state index contributed by atoms with van der Waals surface area (Å²) in [5.41, 5.74) is 2.27. The Morgan fingerprint density at radius 2 is 1.63 bits per heavy atom. The van der Waals surface area contributed by atoms with Crippen LogP contribution in [0, 0.1) is 0 Å². The molecule has 0 aromatic heterocycles. The van der Waals surface area contributed by atoms with Gasteiger partial charge < -0.3 is 10.2 Å². The highest BCUT2D eigenvalue weighted by Crippen LogP contribution is 2.19. The molecule has 162 valence electrons. The Bertz CT molecular complexity index is 922. The second-order valence-corrected chi connectivity index (χ2v) is 9.63. The topological polar surface area (TPSA) is 69.7 Å². The van der Waals surface area contributed by atoms with E-state index >= 15 is 0 Å². The van der Waals surface area contributed by atoms with Gasteiger partial charge in [0.15, 0.2) is 0 Å². The number of rotatable bonds is 8. The normalized spacial score (nSPS) is 16.4. The monoisotopic (exact) mass is 429 g/mol. The molecule has 30 heavy (non-hydrogen) atoms. The Kier molecular flexibility index (Phi) is 7.64. The fourth-order valence-electron chi connectivity index (χ4n) is 3.66. The number of hydrogen-bond acceptors (Lipinski definition) is 4. The van der Waals surface area contributed by atoms with Crippen molar-refractivity contribution in [2.75, 3.05) is 32.7 Å². The predicted molar refractivity (Wildman–Crippen MR) is 119 cm³/mol. The predicted octanol–water partition coefficient (Wildman–Crippen LogP) is 2.82. The third-order valence-corrected chi connectivity index (χ3v) is 7.46. The van der Waals surface area contributed by atoms with Crippen LogP contribution in [0.4, 0.5) is 0 Å². The summed E-state index contributed by atoms with van der Waals surface area (Å²) < 4.78 is 27.3. The third kappa shape index (κ3) is 5.47. The number of sulfonamides is 1. The molecule has 7 heteroatoms. The van der Waals surface area contributed by atoms with Gasteiger partial charge in [-0.15, -0.1) is 0 Å². The van der Waals surface area contributed by atoms with Crippen molar-refractivity contribution in [1.82, 2.24) is 14.5 Å². The number of piperazine rings is 1. The molecular weight excluding hydrogens is 398 g/mol. The smallest absolute Gasteiger partial charge is 0.243 e. The van der Waals surface area contributed by atoms with Gasteiger partial charge in [-0.2, -0.15) is 4.31 Å². The van der Waals surface area contributed by atoms with E-state index in [-0.39, 0.29) is 18.5 Å². The van der Waals surface area contributed by atoms with Gasteiger partial charge in [-0.3, -0.25) is 4.79 Å². The zero-order valence-electron chi connectivity index (χ0n) is 17.8. The van der Waals surface area contributed by atoms with Gasteiger partial charge in [0.1, 0.15) is 0 Å². The lowest BCUT2D eigenvalue weighted by Crippen LogP contribution is -2.52. The molecule has 0 radical (unpaired) electrons. The second-order valence-electron chi connectivity index (χ2n) is 7.69. The third-order valence-electron chi connectivity index (χ3n) is 5.55. The Morgan fingerprint density at radius 3 is 2.23 bits per heavy atom. The van der Waals surface area contributed by atoms with Crippen molar-refractivity contribution >= 4 is 15.9 Å². The summed E-state index contributed by atoms with van der Waals surface area (Å²) in [5, 5.41) is 3.26. The highest BCUT2D eigenvalue weighted by molar-refractivity contribution is 7.89. The molecule has 1 atom stereocenters. The molecule has 6 nitrogen and oxygen atoms in total. The summed E-state index contributed by atoms with van der Waals surface area (Å²) in [5.74, 6) is -0.00116. The summed E-state index contributed by atoms with van der Waals surface area (Å²) in [6.07, 6.45) is 1.97. The summed E-state index contributed by atoms with van der Waals surface area (Å²) >= 11 is 0. The van der Waals surface area contributed by atoms with Crippen molar-refractivity contribution in [3.8, 4) is 0 Å². The Labute approximate surface area is 179 Å². The number of aryl methyl sites for hydroxylation is 1. The van der Waals surface area contributed by atoms with Crippen LogP contribution in [-0.4, -0.2) is 56.3 Å². The van der Waals surface area contributed by atoms with Crippen LogP contribution in [0.2, 0.25) is 0 Å². The van der Waals surface area contributed by atoms with Gasteiger partial charge in [0.25, 0.3) is 0 Å². The maximum atomic E-state index is 12.9. The summed E-state index contributed by atoms with van der Waals surface area (Å²) in [4.78, 5) is 14.6. The summed E-state index contributed by atoms with van der Waals surface area (Å²) in [7, 11) is -3.52. The van der Waals surface area contributed by atoms with Crippen LogP contribution in [0.1, 0.15) is 37.4 Å². The van der Waals surface area contributed by atoms with Crippen LogP contribution in [0.15, 0.2) is 59.5 Å². The molecule has 0 aliphatic carbocycles. The van der Waals surface area contributed by atoms with Crippen LogP contribution in [-0.2, 0) is 21.2 Å². The van der Waals surface area contributed by atoms with E-state index < -0.39 is 10.0 Å². The maximum Gasteiger partial charge on any atom is 0.243 e. The Balaban J connectivity index is 1.51. The maximum absolute atomic E-state index is 12.9. The number of hydrogen-bond donors (Lipinski definition) is 1. The molecule has 1 aliphatic heterocycles. The first kappa shape index (κ1) is 22.5. The molecule has 0 spiro atoms. The average Bonchev–Trinajstić information content (AvgIpc) is 2.78. The molecule has 1 fully saturated rings. The van der Waals surface area contributed by atoms with Gasteiger partial charge in [0.2, 0.25) is 15.9 Å². The molecule has 1 amide bonds. The molecular formula is C23H31N3O3S. The van der Waals surface area contributed by atoms with Crippen molar-refractivity contribution in [1.29, 1.82) is 0 Å². The Morgan fingerprint density at radius 1 is 1.00 bits per heavy atom. The standard InChI is InChI=1S/C23H31N3O3S/c1-3-7-20-10-12-22(13-11-20)30(28,29)26-16-14-25(15-17-26)23(27)18-24-19(2)21-8-5-4-6-9-21/h4-6,8-13,19,24H,3,7,14-18H2,1-2H3/t19-/m0/s1. The minimum atomic E-state index is -3.52. The lowest BCUT2D eigenvalue weighted by molar-refractivity contribution is -0.131. The van der Waals surface area contributed by atoms with E-state index in [0.717, 1.165) is 24.0 Å². The number of nitrogens with zero attached hydrogens (tertiary/aromatic N) is 2. The van der Waals surface area contributed by atoms with Crippen molar-refractivity contribution in [2.24, 2.45) is 0 Å². The van der Waals surface area contributed by atoms with Crippen LogP contribution in [0.3, 0.4) is 0 Å². The molecule has 1 aliphatic rings. The molecule has 3 rings (SSSR count). The number of nitrogens with one attached hydrogen (secondary N) is 1. The first-order chi connectivity index (χ1) is 14.4. The average molecular weight is 430 g/mol. The van der Waals surface area contributed by atoms with Crippen molar-refractivity contribution in [3.05, 3.63) is 65.7 Å². The minimum Gasteiger partial charge on any atom is -0.339 e. The summed E-state index contributed by atoms with van der Waals surface area (Å²) in [6, 6.07) is 17.2. The van der Waals surface area contributed by atoms with Gasteiger partial charge in [0.05, 0.1) is 11.4 Å². The second kappa shape index (κ2) is 10.2. The fourth-order valence-corrected chi connectivity index (χ4v) is 5.08. The molecule has 0 bridgehead atoms. The van der Waals surface area contributed by atoms with E-state index in [0.29, 0.717) is 31.1 Å². The van der Waals surface area contributed by atoms with Crippen LogP contribution < -0.4 is 5.32 Å². The van der Waals surface area contributed by atoms with E-state index in [2.05, 4.69) is 12.2 Å². The van der Waals surface area contributed by atoms with Gasteiger partial charge >= 0.3 is 0 Å². The largest absolute Gasteiger partial charge is 0.339 e. The molecule has 0 saturated carbocycles. The number of carbonyl (C=O) groups is 1. The number of amides is 1. The molecule has 1 heterocycles. The van der Waals surface area contributed by atoms with Crippen molar-refractivity contribution in [2.45, 2.75) is 37.6 Å². The first-order valence-electron chi connectivity index (χ1n) is 10.6. The van der Waals surface area contributed by atoms with E-state index in [1.165, 1.54) is 4.31 Å². The fraction of sp³-hybridized carbons (Fsp3) is 0.435. The highest BCUT2D eigenvalue weighted by Gasteiger charge is 2.30. The van der Waals surface area contributed by atoms with Crippen molar-refractivity contribution in [3.63, 3.8) is 0 Å². The van der Waals surface area contributed by atoms with Gasteiger partial charge in [0, 0.05) is 32.2 Å². The number of carbonyl (C=O) groups excluding carboxylic acids is 1. The molecule has 2 aromatic carbocycles. The minimum absolute atomic E-state index is 0.00116. The first-order valence-corrected chi connectivity index (χ1v) is 12.0. The van der Waals surface area contributed by atoms with Crippen LogP contribution in [0.5, 0.6) is 0 Å². The van der Waals surface area contributed by atoms with Gasteiger partial charge in [-0.1, -0.05) is 55.8 Å². The van der Waals surface area contributed by atoms with Crippen molar-refractivity contribution < 1.29 is 13.2 Å². The highest BCUT2D eigenvalue weighted by atomic mass is 32.2. The molecule has 1 saturated heterocycles. The van der Waals surface area contributed by atoms with Gasteiger partial charge in [-0.05, 0) is 36.6 Å². The molecule has 0 unspecified atom stereocenters. The van der Waals surface area contributed by atoms with Crippen LogP contribution in [0.25, 0.3) is 0 Å². The van der Waals surface area contributed by atoms with Gasteiger partial charge in [-0.25, -0.2) is 8.42 Å². The SMILES string of the molecule is CCCc1ccc(S(=O)(=O)N2CCN(C(=O)CN[C@@H](C)c3ccccc3)CC2)cc1. The summed E-state index contributed by atoms with van der Waals surface area (Å²) in [6.45, 7) is 5.82. The Hall–Kier alpha value is -2.22. The lowest BCUT2D eigenvalue weighted by Gasteiger charge is -2.34. The van der Waals surface area contributed by atoms with E-state index in [9.17, 15) is 13.2 Å². The molecule has 2 aromatic rings. The van der Waals surface area contributed by atoms with E-state index in [1.54, 1.807) is 17.0 Å². The zero-order valence-corrected chi connectivity index (χ0v) is 18.6. The number of benzene rings is 2.